The molecule has 1 fully saturated rings. The summed E-state index contributed by atoms with van der Waals surface area (Å²) in [5.41, 5.74) is 3.56. The Morgan fingerprint density at radius 1 is 1.18 bits per heavy atom. The van der Waals surface area contributed by atoms with Gasteiger partial charge in [-0.2, -0.15) is 4.98 Å². The van der Waals surface area contributed by atoms with Crippen LogP contribution in [0.3, 0.4) is 0 Å². The van der Waals surface area contributed by atoms with E-state index in [1.54, 1.807) is 0 Å². The molecule has 1 N–H and O–H groups in total. The Hall–Kier alpha value is -1.30. The summed E-state index contributed by atoms with van der Waals surface area (Å²) in [6.07, 6.45) is 6.80. The van der Waals surface area contributed by atoms with Gasteiger partial charge in [-0.05, 0) is 73.9 Å². The number of fused-ring (bicyclic) bond motifs is 1. The number of hydrogen-bond donors (Lipinski definition) is 1. The Labute approximate surface area is 247 Å². The van der Waals surface area contributed by atoms with Crippen molar-refractivity contribution in [1.29, 1.82) is 0 Å². The van der Waals surface area contributed by atoms with E-state index in [0.717, 1.165) is 58.7 Å². The number of hydrogen-bond acceptors (Lipinski definition) is 7. The second-order valence-electron chi connectivity index (χ2n) is 10.0. The third-order valence-corrected chi connectivity index (χ3v) is 10.8. The molecule has 8 nitrogen and oxygen atoms in total. The maximum absolute atomic E-state index is 12.9. The van der Waals surface area contributed by atoms with Crippen LogP contribution < -0.4 is 9.62 Å². The molecule has 1 saturated heterocycles. The van der Waals surface area contributed by atoms with E-state index >= 15 is 0 Å². The van der Waals surface area contributed by atoms with Gasteiger partial charge >= 0.3 is 0 Å². The number of unbranched alkanes of at least 4 members (excludes halogenated alkanes) is 2. The third-order valence-electron chi connectivity index (χ3n) is 6.99. The van der Waals surface area contributed by atoms with Gasteiger partial charge in [0.1, 0.15) is 18.1 Å². The predicted molar refractivity (Wildman–Crippen MR) is 170 cm³/mol. The Bertz CT molecular complexity index is 1370. The van der Waals surface area contributed by atoms with Gasteiger partial charge in [-0.15, -0.1) is 0 Å². The summed E-state index contributed by atoms with van der Waals surface area (Å²) in [6.45, 7) is 7.59. The molecule has 0 aliphatic carbocycles. The van der Waals surface area contributed by atoms with Gasteiger partial charge in [-0.1, -0.05) is 31.2 Å². The SMILES string of the molecule is CCOC[PH+](C)CCCCCN(c1nc2oc(-c3ccc(CC)cc3)c(C3OC3NC)c2cc1I)S(C)(=O)=O. The number of ether oxygens (including phenoxy) is 2. The van der Waals surface area contributed by atoms with Crippen LogP contribution in [0.2, 0.25) is 0 Å². The highest BCUT2D eigenvalue weighted by Crippen LogP contribution is 2.47. The van der Waals surface area contributed by atoms with Crippen molar-refractivity contribution < 1.29 is 22.3 Å². The van der Waals surface area contributed by atoms with Crippen LogP contribution in [0.5, 0.6) is 0 Å². The normalized spacial score (nSPS) is 18.0. The molecule has 1 aliphatic rings. The lowest BCUT2D eigenvalue weighted by molar-refractivity contribution is 0.196. The number of aryl methyl sites for hydroxylation is 1. The molecule has 0 saturated carbocycles. The number of benzene rings is 1. The second kappa shape index (κ2) is 13.6. The van der Waals surface area contributed by atoms with E-state index in [2.05, 4.69) is 65.8 Å². The molecule has 3 heterocycles. The Morgan fingerprint density at radius 2 is 1.92 bits per heavy atom. The van der Waals surface area contributed by atoms with Crippen LogP contribution in [-0.2, 0) is 25.9 Å². The van der Waals surface area contributed by atoms with Crippen molar-refractivity contribution in [2.45, 2.75) is 51.9 Å². The summed E-state index contributed by atoms with van der Waals surface area (Å²) >= 11 is 2.19. The molecular weight excluding hydrogens is 648 g/mol. The zero-order valence-corrected chi connectivity index (χ0v) is 27.4. The topological polar surface area (TPSA) is 97.2 Å². The molecule has 0 bridgehead atoms. The molecule has 1 aliphatic heterocycles. The number of pyridine rings is 1. The number of likely N-dealkylation sites (N-methyl/N-ethyl adjacent to an activating group) is 1. The highest BCUT2D eigenvalue weighted by atomic mass is 127. The number of anilines is 1. The van der Waals surface area contributed by atoms with Gasteiger partial charge in [0.25, 0.3) is 0 Å². The smallest absolute Gasteiger partial charge is 0.233 e. The van der Waals surface area contributed by atoms with Gasteiger partial charge in [-0.3, -0.25) is 9.62 Å². The average molecular weight is 689 g/mol. The molecule has 4 rings (SSSR count). The van der Waals surface area contributed by atoms with Gasteiger partial charge in [0.2, 0.25) is 15.7 Å². The standard InChI is InChI=1S/C28H39IN3O5PS/c1-6-19-11-13-20(14-12-19)24-23(25-28(30-3)37-25)21-17-22(29)26(31-27(21)36-24)32(39(5,33)34)15-9-8-10-16-38(4)18-35-7-2/h11-14,17,25,28,30H,6-10,15-16,18H2,1-5H3/p+1. The molecular formula is C28H40IN3O5PS+. The first-order valence-electron chi connectivity index (χ1n) is 13.6. The average Bonchev–Trinajstić information content (AvgIpc) is 3.60. The van der Waals surface area contributed by atoms with Crippen LogP contribution >= 0.6 is 30.5 Å². The van der Waals surface area contributed by atoms with Crippen LogP contribution in [-0.4, -0.2) is 65.3 Å². The molecule has 1 aromatic carbocycles. The van der Waals surface area contributed by atoms with Crippen molar-refractivity contribution in [3.63, 3.8) is 0 Å². The zero-order valence-electron chi connectivity index (χ0n) is 23.4. The fourth-order valence-electron chi connectivity index (χ4n) is 4.76. The molecule has 3 atom stereocenters. The first kappa shape index (κ1) is 30.7. The van der Waals surface area contributed by atoms with Gasteiger partial charge < -0.3 is 13.9 Å². The molecule has 2 aromatic heterocycles. The molecule has 11 heteroatoms. The zero-order chi connectivity index (χ0) is 28.2. The molecule has 39 heavy (non-hydrogen) atoms. The van der Waals surface area contributed by atoms with E-state index in [4.69, 9.17) is 18.9 Å². The van der Waals surface area contributed by atoms with Gasteiger partial charge in [-0.25, -0.2) is 8.42 Å². The maximum Gasteiger partial charge on any atom is 0.233 e. The maximum atomic E-state index is 12.9. The van der Waals surface area contributed by atoms with E-state index in [1.165, 1.54) is 22.3 Å². The predicted octanol–water partition coefficient (Wildman–Crippen LogP) is 6.05. The Kier molecular flexibility index (Phi) is 10.7. The highest BCUT2D eigenvalue weighted by Gasteiger charge is 2.44. The summed E-state index contributed by atoms with van der Waals surface area (Å²) in [5, 5.41) is 4.02. The number of rotatable bonds is 15. The van der Waals surface area contributed by atoms with E-state index in [0.29, 0.717) is 23.8 Å². The number of nitrogens with zero attached hydrogens (tertiary/aromatic N) is 2. The fourth-order valence-corrected chi connectivity index (χ4v) is 8.11. The number of aromatic nitrogens is 1. The quantitative estimate of drug-likeness (QED) is 0.0899. The number of furan rings is 1. The summed E-state index contributed by atoms with van der Waals surface area (Å²) in [5.74, 6) is 1.13. The minimum absolute atomic E-state index is 0.0946. The van der Waals surface area contributed by atoms with Gasteiger partial charge in [0.05, 0.1) is 16.0 Å². The Balaban J connectivity index is 1.61. The van der Waals surface area contributed by atoms with Gasteiger partial charge in [0.15, 0.2) is 12.2 Å². The highest BCUT2D eigenvalue weighted by molar-refractivity contribution is 14.1. The molecule has 3 unspecified atom stereocenters. The van der Waals surface area contributed by atoms with Crippen LogP contribution in [0.4, 0.5) is 5.82 Å². The molecule has 214 valence electrons. The second-order valence-corrected chi connectivity index (χ2v) is 15.8. The minimum atomic E-state index is -3.53. The van der Waals surface area contributed by atoms with Crippen molar-refractivity contribution in [3.8, 4) is 11.3 Å². The summed E-state index contributed by atoms with van der Waals surface area (Å²) in [6, 6.07) is 10.3. The van der Waals surface area contributed by atoms with Crippen molar-refractivity contribution >= 4 is 57.5 Å². The van der Waals surface area contributed by atoms with Crippen LogP contribution in [0, 0.1) is 3.57 Å². The fraction of sp³-hybridized carbons (Fsp3) is 0.536. The summed E-state index contributed by atoms with van der Waals surface area (Å²) < 4.78 is 45.7. The van der Waals surface area contributed by atoms with Crippen molar-refractivity contribution in [2.75, 3.05) is 49.9 Å². The number of sulfonamides is 1. The Morgan fingerprint density at radius 3 is 2.54 bits per heavy atom. The first-order valence-corrected chi connectivity index (χ1v) is 18.9. The van der Waals surface area contributed by atoms with Crippen LogP contribution in [0.1, 0.15) is 50.3 Å². The van der Waals surface area contributed by atoms with E-state index in [9.17, 15) is 8.42 Å². The number of nitrogens with one attached hydrogen (secondary N) is 1. The van der Waals surface area contributed by atoms with Crippen molar-refractivity contribution in [1.82, 2.24) is 10.3 Å². The number of epoxide rings is 1. The minimum Gasteiger partial charge on any atom is -0.437 e. The van der Waals surface area contributed by atoms with Crippen molar-refractivity contribution in [2.24, 2.45) is 0 Å². The lowest BCUT2D eigenvalue weighted by atomic mass is 10.0. The largest absolute Gasteiger partial charge is 0.437 e. The van der Waals surface area contributed by atoms with Crippen LogP contribution in [0.25, 0.3) is 22.4 Å². The molecule has 3 aromatic rings. The molecule has 0 radical (unpaired) electrons. The van der Waals surface area contributed by atoms with E-state index in [1.807, 2.05) is 20.0 Å². The summed E-state index contributed by atoms with van der Waals surface area (Å²) in [7, 11) is -2.15. The van der Waals surface area contributed by atoms with Gasteiger partial charge in [0, 0.05) is 44.3 Å². The molecule has 0 spiro atoms. The first-order chi connectivity index (χ1) is 18.7. The van der Waals surface area contributed by atoms with E-state index in [-0.39, 0.29) is 12.3 Å². The van der Waals surface area contributed by atoms with Crippen molar-refractivity contribution in [3.05, 3.63) is 45.0 Å². The van der Waals surface area contributed by atoms with Crippen LogP contribution in [0.15, 0.2) is 34.7 Å². The lowest BCUT2D eigenvalue weighted by Crippen LogP contribution is -2.32. The monoisotopic (exact) mass is 688 g/mol. The number of halogens is 1. The van der Waals surface area contributed by atoms with E-state index < -0.39 is 17.9 Å². The molecule has 0 amide bonds. The summed E-state index contributed by atoms with van der Waals surface area (Å²) in [4.78, 5) is 4.79. The third kappa shape index (κ3) is 7.51. The lowest BCUT2D eigenvalue weighted by Gasteiger charge is -2.22.